The van der Waals surface area contributed by atoms with Crippen molar-refractivity contribution in [3.8, 4) is 11.5 Å². The predicted molar refractivity (Wildman–Crippen MR) is 162 cm³/mol. The molecule has 0 saturated carbocycles. The Bertz CT molecular complexity index is 2000. The van der Waals surface area contributed by atoms with Crippen molar-refractivity contribution in [3.05, 3.63) is 62.0 Å². The van der Waals surface area contributed by atoms with Gasteiger partial charge in [0.2, 0.25) is 11.6 Å². The van der Waals surface area contributed by atoms with Crippen LogP contribution in [-0.2, 0) is 39.8 Å². The number of hydrogen-bond donors (Lipinski definition) is 3. The van der Waals surface area contributed by atoms with Crippen molar-refractivity contribution in [2.24, 2.45) is 0 Å². The number of ketones is 2. The maximum atomic E-state index is 13.7. The largest absolute Gasteiger partial charge is 0.492 e. The van der Waals surface area contributed by atoms with Crippen LogP contribution in [0.2, 0.25) is 0 Å². The first-order chi connectivity index (χ1) is 22.4. The summed E-state index contributed by atoms with van der Waals surface area (Å²) in [6.45, 7) is 1.73. The minimum Gasteiger partial charge on any atom is -0.492 e. The normalized spacial score (nSPS) is 15.5. The smallest absolute Gasteiger partial charge is 0.354 e. The third-order valence-corrected chi connectivity index (χ3v) is 8.21. The number of carbonyl (C=O) groups excluding carboxylic acids is 6. The van der Waals surface area contributed by atoms with Gasteiger partial charge in [-0.15, -0.1) is 0 Å². The van der Waals surface area contributed by atoms with Gasteiger partial charge in [-0.25, -0.2) is 19.2 Å². The molecule has 1 aliphatic heterocycles. The first-order valence-electron chi connectivity index (χ1n) is 14.1. The monoisotopic (exact) mass is 649 g/mol. The maximum Gasteiger partial charge on any atom is 0.354 e. The van der Waals surface area contributed by atoms with Crippen molar-refractivity contribution in [1.82, 2.24) is 9.97 Å². The fraction of sp³-hybridized carbons (Fsp3) is 0.312. The Morgan fingerprint density at radius 1 is 0.809 bits per heavy atom. The number of methoxy groups -OCH3 is 6. The highest BCUT2D eigenvalue weighted by Crippen LogP contribution is 2.52. The van der Waals surface area contributed by atoms with E-state index < -0.39 is 47.4 Å². The number of anilines is 1. The zero-order valence-electron chi connectivity index (χ0n) is 26.5. The minimum atomic E-state index is -0.941. The highest BCUT2D eigenvalue weighted by Gasteiger charge is 2.41. The van der Waals surface area contributed by atoms with Crippen LogP contribution in [-0.4, -0.2) is 94.1 Å². The van der Waals surface area contributed by atoms with Gasteiger partial charge >= 0.3 is 23.9 Å². The third-order valence-electron chi connectivity index (χ3n) is 8.21. The van der Waals surface area contributed by atoms with Gasteiger partial charge in [-0.2, -0.15) is 0 Å². The summed E-state index contributed by atoms with van der Waals surface area (Å²) >= 11 is 0. The number of esters is 4. The van der Waals surface area contributed by atoms with Crippen molar-refractivity contribution in [2.75, 3.05) is 48.0 Å². The van der Waals surface area contributed by atoms with E-state index >= 15 is 0 Å². The van der Waals surface area contributed by atoms with E-state index in [1.54, 1.807) is 6.92 Å². The first-order valence-corrected chi connectivity index (χ1v) is 14.1. The average molecular weight is 650 g/mol. The number of aromatic amines is 2. The third kappa shape index (κ3) is 5.18. The van der Waals surface area contributed by atoms with Crippen LogP contribution in [0.1, 0.15) is 66.6 Å². The standard InChI is InChI=1S/C32H31N3O12/c1-12(14-10-17(30(39)45-5)35-25(14)32(41)47-7)20-24-15(11-18(34-24)31(40)46-6)21(28(43-3)27(20)42-2)22-23-13(9-19(36)26(22)37)8-16(33-23)29(38)44-4/h8-10,12,18,33-35H,11H2,1-7H3. The Labute approximate surface area is 266 Å². The average Bonchev–Trinajstić information content (AvgIpc) is 3.83. The minimum absolute atomic E-state index is 0.00339. The molecule has 0 spiro atoms. The predicted octanol–water partition coefficient (Wildman–Crippen LogP) is 0.513. The van der Waals surface area contributed by atoms with Crippen LogP contribution >= 0.6 is 0 Å². The van der Waals surface area contributed by atoms with Gasteiger partial charge in [-0.3, -0.25) is 9.59 Å². The molecule has 0 radical (unpaired) electrons. The van der Waals surface area contributed by atoms with Crippen molar-refractivity contribution in [2.45, 2.75) is 25.3 Å². The Hall–Kier alpha value is -5.86. The molecule has 0 saturated heterocycles. The fourth-order valence-electron chi connectivity index (χ4n) is 6.08. The van der Waals surface area contributed by atoms with E-state index in [0.717, 1.165) is 6.08 Å². The molecule has 2 aromatic heterocycles. The van der Waals surface area contributed by atoms with Gasteiger partial charge in [-0.05, 0) is 29.3 Å². The number of rotatable bonds is 9. The van der Waals surface area contributed by atoms with Crippen LogP contribution in [0.15, 0.2) is 12.1 Å². The molecule has 15 nitrogen and oxygen atoms in total. The van der Waals surface area contributed by atoms with Gasteiger partial charge in [0.15, 0.2) is 11.5 Å². The second-order valence-corrected chi connectivity index (χ2v) is 10.6. The zero-order valence-corrected chi connectivity index (χ0v) is 26.5. The summed E-state index contributed by atoms with van der Waals surface area (Å²) in [4.78, 5) is 83.0. The summed E-state index contributed by atoms with van der Waals surface area (Å²) in [5, 5.41) is 3.58. The Morgan fingerprint density at radius 2 is 1.43 bits per heavy atom. The summed E-state index contributed by atoms with van der Waals surface area (Å²) in [5.41, 5.74) is 1.39. The molecule has 15 heteroatoms. The maximum absolute atomic E-state index is 13.7. The first kappa shape index (κ1) is 32.5. The number of carbonyl (C=O) groups is 6. The summed E-state index contributed by atoms with van der Waals surface area (Å²) in [6.07, 6.45) is 1.09. The molecule has 1 aliphatic carbocycles. The lowest BCUT2D eigenvalue weighted by Crippen LogP contribution is -2.37. The molecular formula is C32H31N3O12. The molecule has 3 heterocycles. The highest BCUT2D eigenvalue weighted by atomic mass is 16.5. The van der Waals surface area contributed by atoms with E-state index in [1.807, 2.05) is 0 Å². The number of ether oxygens (including phenoxy) is 6. The van der Waals surface area contributed by atoms with E-state index in [-0.39, 0.29) is 56.7 Å². The van der Waals surface area contributed by atoms with Crippen LogP contribution in [0.5, 0.6) is 11.5 Å². The van der Waals surface area contributed by atoms with Gasteiger partial charge in [0.05, 0.1) is 53.6 Å². The number of fused-ring (bicyclic) bond motifs is 2. The molecule has 0 amide bonds. The lowest BCUT2D eigenvalue weighted by Gasteiger charge is -2.25. The van der Waals surface area contributed by atoms with Crippen LogP contribution in [0.3, 0.4) is 0 Å². The molecular weight excluding hydrogens is 618 g/mol. The molecule has 5 rings (SSSR count). The summed E-state index contributed by atoms with van der Waals surface area (Å²) in [7, 11) is 7.49. The van der Waals surface area contributed by atoms with E-state index in [0.29, 0.717) is 22.4 Å². The lowest BCUT2D eigenvalue weighted by molar-refractivity contribution is -0.141. The van der Waals surface area contributed by atoms with E-state index in [4.69, 9.17) is 28.4 Å². The molecule has 47 heavy (non-hydrogen) atoms. The number of benzene rings is 1. The lowest BCUT2D eigenvalue weighted by atomic mass is 9.83. The Morgan fingerprint density at radius 3 is 2.00 bits per heavy atom. The zero-order chi connectivity index (χ0) is 34.3. The fourth-order valence-corrected chi connectivity index (χ4v) is 6.08. The highest BCUT2D eigenvalue weighted by molar-refractivity contribution is 6.62. The Kier molecular flexibility index (Phi) is 8.65. The number of Topliss-reactive ketones (excluding diaryl/α,β-unsaturated/α-hetero) is 2. The molecule has 1 aromatic carbocycles. The van der Waals surface area contributed by atoms with Gasteiger partial charge in [0, 0.05) is 34.4 Å². The Balaban J connectivity index is 1.89. The van der Waals surface area contributed by atoms with Crippen LogP contribution < -0.4 is 25.4 Å². The molecule has 3 aromatic rings. The number of aromatic nitrogens is 2. The van der Waals surface area contributed by atoms with Gasteiger partial charge in [0.1, 0.15) is 23.1 Å². The summed E-state index contributed by atoms with van der Waals surface area (Å²) in [6, 6.07) is 1.89. The van der Waals surface area contributed by atoms with Crippen LogP contribution in [0.4, 0.5) is 5.69 Å². The van der Waals surface area contributed by atoms with Crippen molar-refractivity contribution in [3.63, 3.8) is 0 Å². The summed E-state index contributed by atoms with van der Waals surface area (Å²) < 4.78 is 31.4. The molecule has 2 aliphatic rings. The number of nitrogens with one attached hydrogen (secondary N) is 3. The van der Waals surface area contributed by atoms with Crippen molar-refractivity contribution < 1.29 is 57.2 Å². The molecule has 246 valence electrons. The van der Waals surface area contributed by atoms with Crippen molar-refractivity contribution in [1.29, 1.82) is 0 Å². The van der Waals surface area contributed by atoms with Crippen LogP contribution in [0, 0.1) is 0 Å². The number of H-pyrrole nitrogens is 2. The van der Waals surface area contributed by atoms with Gasteiger partial charge < -0.3 is 43.7 Å². The van der Waals surface area contributed by atoms with Gasteiger partial charge in [0.25, 0.3) is 0 Å². The summed E-state index contributed by atoms with van der Waals surface area (Å²) in [5.74, 6) is -5.23. The molecule has 3 N–H and O–H groups in total. The number of hydrogen-bond acceptors (Lipinski definition) is 13. The van der Waals surface area contributed by atoms with Gasteiger partial charge in [-0.1, -0.05) is 6.92 Å². The van der Waals surface area contributed by atoms with E-state index in [9.17, 15) is 28.8 Å². The molecule has 2 atom stereocenters. The topological polar surface area (TPSA) is 201 Å². The molecule has 0 fully saturated rings. The van der Waals surface area contributed by atoms with Crippen LogP contribution in [0.25, 0.3) is 11.6 Å². The SMILES string of the molecule is COC(=O)c1cc(C(C)c2c3c(c(C4=c5[nH]c(C(=O)OC)cc5=CC(=O)C4=O)c(OC)c2OC)CC(C(=O)OC)N3)c(C(=O)OC)[nH]1. The van der Waals surface area contributed by atoms with E-state index in [1.165, 1.54) is 54.8 Å². The molecule has 2 unspecified atom stereocenters. The second-order valence-electron chi connectivity index (χ2n) is 10.6. The second kappa shape index (κ2) is 12.5. The quantitative estimate of drug-likeness (QED) is 0.165. The van der Waals surface area contributed by atoms with E-state index in [2.05, 4.69) is 15.3 Å². The molecule has 0 bridgehead atoms. The van der Waals surface area contributed by atoms with Crippen molar-refractivity contribution >= 4 is 52.8 Å².